The predicted molar refractivity (Wildman–Crippen MR) is 113 cm³/mol. The molecule has 2 atom stereocenters. The van der Waals surface area contributed by atoms with Crippen LogP contribution in [0.3, 0.4) is 0 Å². The summed E-state index contributed by atoms with van der Waals surface area (Å²) < 4.78 is 0. The van der Waals surface area contributed by atoms with Crippen LogP contribution < -0.4 is 11.1 Å². The molecule has 1 aromatic carbocycles. The van der Waals surface area contributed by atoms with E-state index in [1.54, 1.807) is 4.90 Å². The average Bonchev–Trinajstić information content (AvgIpc) is 3.12. The molecule has 2 rings (SSSR count). The fourth-order valence-electron chi connectivity index (χ4n) is 3.46. The first-order valence-electron chi connectivity index (χ1n) is 10.0. The number of rotatable bonds is 8. The minimum absolute atomic E-state index is 0.0310. The van der Waals surface area contributed by atoms with E-state index in [2.05, 4.69) is 41.2 Å². The first kappa shape index (κ1) is 21.2. The molecule has 0 spiro atoms. The van der Waals surface area contributed by atoms with Crippen molar-refractivity contribution in [3.8, 4) is 0 Å². The van der Waals surface area contributed by atoms with E-state index >= 15 is 0 Å². The molecular formula is C21H35N5O. The number of guanidine groups is 1. The molecule has 1 aliphatic heterocycles. The summed E-state index contributed by atoms with van der Waals surface area (Å²) >= 11 is 0. The van der Waals surface area contributed by atoms with Gasteiger partial charge in [0.2, 0.25) is 5.91 Å². The first-order chi connectivity index (χ1) is 12.9. The van der Waals surface area contributed by atoms with Gasteiger partial charge in [0.1, 0.15) is 0 Å². The second-order valence-corrected chi connectivity index (χ2v) is 7.60. The van der Waals surface area contributed by atoms with Gasteiger partial charge in [-0.05, 0) is 55.8 Å². The van der Waals surface area contributed by atoms with Crippen molar-refractivity contribution in [2.75, 3.05) is 39.0 Å². The molecule has 1 heterocycles. The molecular weight excluding hydrogens is 338 g/mol. The van der Waals surface area contributed by atoms with Crippen molar-refractivity contribution in [2.45, 2.75) is 51.5 Å². The van der Waals surface area contributed by atoms with Gasteiger partial charge in [-0.2, -0.15) is 0 Å². The number of aliphatic imine (C=N–C) groups is 1. The van der Waals surface area contributed by atoms with Crippen molar-refractivity contribution in [3.63, 3.8) is 0 Å². The molecule has 1 fully saturated rings. The number of nitrogens with zero attached hydrogens (tertiary/aromatic N) is 3. The number of likely N-dealkylation sites (N-methyl/N-ethyl adjacent to an activating group) is 1. The molecule has 3 N–H and O–H groups in total. The molecule has 6 heteroatoms. The van der Waals surface area contributed by atoms with Crippen LogP contribution in [0.25, 0.3) is 0 Å². The van der Waals surface area contributed by atoms with Crippen LogP contribution in [0.15, 0.2) is 29.3 Å². The van der Waals surface area contributed by atoms with E-state index in [4.69, 9.17) is 5.73 Å². The highest BCUT2D eigenvalue weighted by molar-refractivity contribution is 5.92. The first-order valence-corrected chi connectivity index (χ1v) is 10.0. The minimum atomic E-state index is 0.0310. The fourth-order valence-corrected chi connectivity index (χ4v) is 3.46. The topological polar surface area (TPSA) is 74.0 Å². The number of carbonyl (C=O) groups is 1. The number of carbonyl (C=O) groups excluding carboxylic acids is 1. The summed E-state index contributed by atoms with van der Waals surface area (Å²) in [7, 11) is 3.65. The molecule has 0 bridgehead atoms. The smallest absolute Gasteiger partial charge is 0.239 e. The summed E-state index contributed by atoms with van der Waals surface area (Å²) in [6.07, 6.45) is 4.07. The van der Waals surface area contributed by atoms with Gasteiger partial charge in [-0.3, -0.25) is 14.7 Å². The molecule has 2 unspecified atom stereocenters. The molecule has 1 aromatic rings. The number of hydrogen-bond acceptors (Lipinski definition) is 3. The SMILES string of the molecule is CCC(C)c1ccc(NC(N)=NCCCN2CCCC2C(=O)N(C)C)cc1. The van der Waals surface area contributed by atoms with Crippen LogP contribution >= 0.6 is 0 Å². The quantitative estimate of drug-likeness (QED) is 0.417. The number of anilines is 1. The van der Waals surface area contributed by atoms with Gasteiger partial charge in [-0.1, -0.05) is 26.0 Å². The number of nitrogens with one attached hydrogen (secondary N) is 1. The van der Waals surface area contributed by atoms with Crippen LogP contribution in [0, 0.1) is 0 Å². The Morgan fingerprint density at radius 3 is 2.70 bits per heavy atom. The van der Waals surface area contributed by atoms with Crippen LogP contribution in [0.5, 0.6) is 0 Å². The van der Waals surface area contributed by atoms with Gasteiger partial charge in [0.25, 0.3) is 0 Å². The molecule has 150 valence electrons. The summed E-state index contributed by atoms with van der Waals surface area (Å²) in [4.78, 5) is 20.6. The molecule has 0 saturated carbocycles. The van der Waals surface area contributed by atoms with Crippen LogP contribution in [0.4, 0.5) is 5.69 Å². The molecule has 0 aliphatic carbocycles. The van der Waals surface area contributed by atoms with Crippen molar-refractivity contribution in [2.24, 2.45) is 10.7 Å². The Balaban J connectivity index is 1.76. The lowest BCUT2D eigenvalue weighted by molar-refractivity contribution is -0.133. The maximum atomic E-state index is 12.2. The van der Waals surface area contributed by atoms with Gasteiger partial charge in [0.15, 0.2) is 5.96 Å². The van der Waals surface area contributed by atoms with Gasteiger partial charge >= 0.3 is 0 Å². The van der Waals surface area contributed by atoms with Crippen LogP contribution in [-0.4, -0.2) is 61.4 Å². The number of likely N-dealkylation sites (tertiary alicyclic amines) is 1. The standard InChI is InChI=1S/C21H35N5O/c1-5-16(2)17-9-11-18(12-10-17)24-21(22)23-13-7-15-26-14-6-8-19(26)20(27)25(3)4/h9-12,16,19H,5-8,13-15H2,1-4H3,(H3,22,23,24). The molecule has 27 heavy (non-hydrogen) atoms. The molecule has 1 amide bonds. The molecule has 0 aromatic heterocycles. The Morgan fingerprint density at radius 2 is 2.07 bits per heavy atom. The Morgan fingerprint density at radius 1 is 1.37 bits per heavy atom. The molecule has 0 radical (unpaired) electrons. The lowest BCUT2D eigenvalue weighted by Crippen LogP contribution is -2.43. The summed E-state index contributed by atoms with van der Waals surface area (Å²) in [5, 5.41) is 3.15. The van der Waals surface area contributed by atoms with Crippen LogP contribution in [-0.2, 0) is 4.79 Å². The van der Waals surface area contributed by atoms with Gasteiger partial charge < -0.3 is 16.0 Å². The normalized spacial score (nSPS) is 19.1. The van der Waals surface area contributed by atoms with Crippen LogP contribution in [0.1, 0.15) is 51.0 Å². The zero-order valence-electron chi connectivity index (χ0n) is 17.2. The number of nitrogens with two attached hydrogens (primary N) is 1. The summed E-state index contributed by atoms with van der Waals surface area (Å²) in [5.41, 5.74) is 8.30. The average molecular weight is 374 g/mol. The van der Waals surface area contributed by atoms with E-state index in [-0.39, 0.29) is 11.9 Å². The third-order valence-electron chi connectivity index (χ3n) is 5.34. The van der Waals surface area contributed by atoms with Crippen molar-refractivity contribution in [1.82, 2.24) is 9.80 Å². The maximum absolute atomic E-state index is 12.2. The predicted octanol–water partition coefficient (Wildman–Crippen LogP) is 2.87. The van der Waals surface area contributed by atoms with Crippen LogP contribution in [0.2, 0.25) is 0 Å². The van der Waals surface area contributed by atoms with Gasteiger partial charge in [-0.25, -0.2) is 0 Å². The Hall–Kier alpha value is -2.08. The highest BCUT2D eigenvalue weighted by Crippen LogP contribution is 2.20. The summed E-state index contributed by atoms with van der Waals surface area (Å²) in [5.74, 6) is 1.21. The maximum Gasteiger partial charge on any atom is 0.239 e. The lowest BCUT2D eigenvalue weighted by Gasteiger charge is -2.25. The fraction of sp³-hybridized carbons (Fsp3) is 0.619. The summed E-state index contributed by atoms with van der Waals surface area (Å²) in [6.45, 7) is 6.95. The molecule has 6 nitrogen and oxygen atoms in total. The van der Waals surface area contributed by atoms with Gasteiger partial charge in [0.05, 0.1) is 6.04 Å². The Bertz CT molecular complexity index is 626. The van der Waals surface area contributed by atoms with E-state index < -0.39 is 0 Å². The second kappa shape index (κ2) is 10.3. The monoisotopic (exact) mass is 373 g/mol. The van der Waals surface area contributed by atoms with Gasteiger partial charge in [-0.15, -0.1) is 0 Å². The van der Waals surface area contributed by atoms with Gasteiger partial charge in [0, 0.05) is 32.9 Å². The van der Waals surface area contributed by atoms with E-state index in [0.717, 1.165) is 44.5 Å². The van der Waals surface area contributed by atoms with E-state index in [0.29, 0.717) is 18.4 Å². The van der Waals surface area contributed by atoms with E-state index in [1.165, 1.54) is 5.56 Å². The zero-order valence-corrected chi connectivity index (χ0v) is 17.2. The highest BCUT2D eigenvalue weighted by atomic mass is 16.2. The van der Waals surface area contributed by atoms with E-state index in [9.17, 15) is 4.79 Å². The third-order valence-corrected chi connectivity index (χ3v) is 5.34. The van der Waals surface area contributed by atoms with Crippen molar-refractivity contribution >= 4 is 17.6 Å². The number of amides is 1. The van der Waals surface area contributed by atoms with E-state index in [1.807, 2.05) is 26.2 Å². The Kier molecular flexibility index (Phi) is 8.10. The summed E-state index contributed by atoms with van der Waals surface area (Å²) in [6, 6.07) is 8.40. The van der Waals surface area contributed by atoms with Crippen molar-refractivity contribution < 1.29 is 4.79 Å². The third kappa shape index (κ3) is 6.24. The molecule has 1 saturated heterocycles. The number of benzene rings is 1. The van der Waals surface area contributed by atoms with Crippen molar-refractivity contribution in [1.29, 1.82) is 0 Å². The largest absolute Gasteiger partial charge is 0.370 e. The highest BCUT2D eigenvalue weighted by Gasteiger charge is 2.30. The lowest BCUT2D eigenvalue weighted by atomic mass is 9.99. The van der Waals surface area contributed by atoms with Crippen molar-refractivity contribution in [3.05, 3.63) is 29.8 Å². The second-order valence-electron chi connectivity index (χ2n) is 7.60. The number of hydrogen-bond donors (Lipinski definition) is 2. The minimum Gasteiger partial charge on any atom is -0.370 e. The Labute approximate surface area is 163 Å². The molecule has 1 aliphatic rings. The zero-order chi connectivity index (χ0) is 19.8.